The summed E-state index contributed by atoms with van der Waals surface area (Å²) in [6.45, 7) is 7.41. The zero-order valence-corrected chi connectivity index (χ0v) is 16.8. The number of rotatable bonds is 6. The summed E-state index contributed by atoms with van der Waals surface area (Å²) in [4.78, 5) is 21.7. The molecule has 1 N–H and O–H groups in total. The van der Waals surface area contributed by atoms with Gasteiger partial charge in [-0.15, -0.1) is 0 Å². The second kappa shape index (κ2) is 9.53. The first-order valence-electron chi connectivity index (χ1n) is 10.1. The fourth-order valence-electron chi connectivity index (χ4n) is 4.25. The van der Waals surface area contributed by atoms with Crippen LogP contribution in [0.15, 0.2) is 30.3 Å². The first kappa shape index (κ1) is 20.1. The van der Waals surface area contributed by atoms with Gasteiger partial charge in [-0.25, -0.2) is 0 Å². The van der Waals surface area contributed by atoms with Crippen LogP contribution < -0.4 is 4.90 Å². The number of hydrogen-bond acceptors (Lipinski definition) is 5. The molecule has 150 valence electrons. The molecule has 0 unspecified atom stereocenters. The van der Waals surface area contributed by atoms with E-state index in [0.717, 1.165) is 45.0 Å². The molecule has 1 amide bonds. The van der Waals surface area contributed by atoms with E-state index in [1.54, 1.807) is 0 Å². The third-order valence-electron chi connectivity index (χ3n) is 6.04. The van der Waals surface area contributed by atoms with Crippen molar-refractivity contribution >= 4 is 11.6 Å². The molecule has 6 nitrogen and oxygen atoms in total. The van der Waals surface area contributed by atoms with Crippen LogP contribution in [0.4, 0.5) is 5.69 Å². The van der Waals surface area contributed by atoms with E-state index in [2.05, 4.69) is 16.8 Å². The average molecular weight is 375 g/mol. The molecule has 0 aromatic heterocycles. The summed E-state index contributed by atoms with van der Waals surface area (Å²) in [6.07, 6.45) is 1.19. The molecule has 27 heavy (non-hydrogen) atoms. The second-order valence-corrected chi connectivity index (χ2v) is 8.15. The lowest BCUT2D eigenvalue weighted by molar-refractivity contribution is -0.128. The predicted molar refractivity (Wildman–Crippen MR) is 109 cm³/mol. The molecule has 0 aliphatic carbocycles. The molecule has 1 aromatic carbocycles. The van der Waals surface area contributed by atoms with Crippen LogP contribution in [0.3, 0.4) is 0 Å². The van der Waals surface area contributed by atoms with Crippen molar-refractivity contribution in [1.82, 2.24) is 14.7 Å². The van der Waals surface area contributed by atoms with Gasteiger partial charge in [-0.3, -0.25) is 4.79 Å². The number of benzene rings is 1. The second-order valence-electron chi connectivity index (χ2n) is 8.15. The molecule has 2 saturated heterocycles. The van der Waals surface area contributed by atoms with Gasteiger partial charge in [0, 0.05) is 58.0 Å². The maximum atomic E-state index is 12.8. The van der Waals surface area contributed by atoms with Gasteiger partial charge in [0.2, 0.25) is 5.91 Å². The van der Waals surface area contributed by atoms with Crippen molar-refractivity contribution in [2.75, 3.05) is 78.0 Å². The van der Waals surface area contributed by atoms with E-state index in [4.69, 9.17) is 0 Å². The number of likely N-dealkylation sites (N-methyl/N-ethyl adjacent to an activating group) is 2. The Balaban J connectivity index is 1.54. The van der Waals surface area contributed by atoms with Gasteiger partial charge in [0.1, 0.15) is 0 Å². The number of amides is 1. The van der Waals surface area contributed by atoms with Crippen molar-refractivity contribution in [1.29, 1.82) is 0 Å². The Morgan fingerprint density at radius 3 is 2.59 bits per heavy atom. The van der Waals surface area contributed by atoms with Crippen LogP contribution in [0.1, 0.15) is 6.42 Å². The van der Waals surface area contributed by atoms with Gasteiger partial charge in [-0.2, -0.15) is 0 Å². The lowest BCUT2D eigenvalue weighted by atomic mass is 9.96. The minimum Gasteiger partial charge on any atom is -0.396 e. The summed E-state index contributed by atoms with van der Waals surface area (Å²) in [5.41, 5.74) is 1.05. The molecule has 2 aliphatic rings. The van der Waals surface area contributed by atoms with E-state index < -0.39 is 0 Å². The molecule has 0 bridgehead atoms. The number of para-hydroxylation sites is 1. The quantitative estimate of drug-likeness (QED) is 0.799. The fraction of sp³-hybridized carbons (Fsp3) is 0.667. The minimum absolute atomic E-state index is 0.151. The largest absolute Gasteiger partial charge is 0.396 e. The van der Waals surface area contributed by atoms with Gasteiger partial charge in [0.15, 0.2) is 0 Å². The summed E-state index contributed by atoms with van der Waals surface area (Å²) >= 11 is 0. The maximum absolute atomic E-state index is 12.8. The summed E-state index contributed by atoms with van der Waals surface area (Å²) in [7, 11) is 4.14. The van der Waals surface area contributed by atoms with E-state index in [1.807, 2.05) is 47.2 Å². The summed E-state index contributed by atoms with van der Waals surface area (Å²) in [6, 6.07) is 10.0. The molecule has 3 rings (SSSR count). The number of aliphatic hydroxyl groups excluding tert-OH is 1. The highest BCUT2D eigenvalue weighted by Crippen LogP contribution is 2.25. The highest BCUT2D eigenvalue weighted by molar-refractivity contribution is 5.81. The van der Waals surface area contributed by atoms with Crippen LogP contribution in [-0.2, 0) is 4.79 Å². The molecule has 0 radical (unpaired) electrons. The Bertz CT molecular complexity index is 597. The van der Waals surface area contributed by atoms with E-state index in [1.165, 1.54) is 6.42 Å². The van der Waals surface area contributed by atoms with Crippen molar-refractivity contribution < 1.29 is 9.90 Å². The van der Waals surface area contributed by atoms with E-state index in [9.17, 15) is 9.90 Å². The van der Waals surface area contributed by atoms with Crippen LogP contribution in [0.5, 0.6) is 0 Å². The number of hydrogen-bond donors (Lipinski definition) is 1. The minimum atomic E-state index is 0.151. The number of nitrogens with zero attached hydrogens (tertiary/aromatic N) is 4. The SMILES string of the molecule is CN1CCCN(C[C@@H]2CN(C(=O)CN(C)c3ccccc3)C[C@@H]2CO)CC1. The Morgan fingerprint density at radius 1 is 1.11 bits per heavy atom. The highest BCUT2D eigenvalue weighted by atomic mass is 16.3. The average Bonchev–Trinajstić information content (AvgIpc) is 2.98. The third kappa shape index (κ3) is 5.43. The monoisotopic (exact) mass is 374 g/mol. The van der Waals surface area contributed by atoms with Crippen molar-refractivity contribution in [3.63, 3.8) is 0 Å². The lowest BCUT2D eigenvalue weighted by Gasteiger charge is -2.26. The van der Waals surface area contributed by atoms with E-state index in [-0.39, 0.29) is 18.4 Å². The summed E-state index contributed by atoms with van der Waals surface area (Å²) in [5, 5.41) is 9.85. The summed E-state index contributed by atoms with van der Waals surface area (Å²) in [5.74, 6) is 0.708. The van der Waals surface area contributed by atoms with Gasteiger partial charge >= 0.3 is 0 Å². The lowest BCUT2D eigenvalue weighted by Crippen LogP contribution is -2.39. The molecule has 0 spiro atoms. The Kier molecular flexibility index (Phi) is 7.10. The number of carbonyl (C=O) groups excluding carboxylic acids is 1. The zero-order valence-electron chi connectivity index (χ0n) is 16.8. The third-order valence-corrected chi connectivity index (χ3v) is 6.04. The van der Waals surface area contributed by atoms with Crippen LogP contribution in [0.25, 0.3) is 0 Å². The predicted octanol–water partition coefficient (Wildman–Crippen LogP) is 0.827. The van der Waals surface area contributed by atoms with Crippen LogP contribution >= 0.6 is 0 Å². The summed E-state index contributed by atoms with van der Waals surface area (Å²) < 4.78 is 0. The normalized spacial score (nSPS) is 24.8. The Morgan fingerprint density at radius 2 is 1.85 bits per heavy atom. The van der Waals surface area contributed by atoms with Gasteiger partial charge in [-0.05, 0) is 44.6 Å². The van der Waals surface area contributed by atoms with Gasteiger partial charge in [-0.1, -0.05) is 18.2 Å². The molecule has 2 heterocycles. The molecule has 2 aliphatic heterocycles. The van der Waals surface area contributed by atoms with Crippen molar-refractivity contribution in [3.05, 3.63) is 30.3 Å². The maximum Gasteiger partial charge on any atom is 0.242 e. The molecular weight excluding hydrogens is 340 g/mol. The van der Waals surface area contributed by atoms with E-state index >= 15 is 0 Å². The molecule has 1 aromatic rings. The number of anilines is 1. The molecule has 6 heteroatoms. The number of likely N-dealkylation sites (tertiary alicyclic amines) is 1. The van der Waals surface area contributed by atoms with Crippen molar-refractivity contribution in [2.45, 2.75) is 6.42 Å². The van der Waals surface area contributed by atoms with E-state index in [0.29, 0.717) is 19.0 Å². The van der Waals surface area contributed by atoms with Crippen LogP contribution in [0, 0.1) is 11.8 Å². The Hall–Kier alpha value is -1.63. The van der Waals surface area contributed by atoms with Gasteiger partial charge < -0.3 is 24.7 Å². The van der Waals surface area contributed by atoms with Crippen LogP contribution in [0.2, 0.25) is 0 Å². The highest BCUT2D eigenvalue weighted by Gasteiger charge is 2.36. The molecule has 0 saturated carbocycles. The standard InChI is InChI=1S/C21H34N4O2/c1-22-9-6-10-24(12-11-22)13-18-14-25(15-19(18)17-26)21(27)16-23(2)20-7-4-3-5-8-20/h3-5,7-8,18-19,26H,6,9-17H2,1-2H3/t18-,19-/m1/s1. The van der Waals surface area contributed by atoms with Crippen molar-refractivity contribution in [2.24, 2.45) is 11.8 Å². The topological polar surface area (TPSA) is 50.3 Å². The first-order valence-corrected chi connectivity index (χ1v) is 10.1. The molecule has 2 atom stereocenters. The molecule has 2 fully saturated rings. The van der Waals surface area contributed by atoms with Gasteiger partial charge in [0.05, 0.1) is 6.54 Å². The van der Waals surface area contributed by atoms with Crippen molar-refractivity contribution in [3.8, 4) is 0 Å². The fourth-order valence-corrected chi connectivity index (χ4v) is 4.25. The van der Waals surface area contributed by atoms with Gasteiger partial charge in [0.25, 0.3) is 0 Å². The zero-order chi connectivity index (χ0) is 19.2. The molecular formula is C21H34N4O2. The first-order chi connectivity index (χ1) is 13.1. The van der Waals surface area contributed by atoms with Crippen LogP contribution in [-0.4, -0.2) is 98.8 Å². The number of aliphatic hydroxyl groups is 1. The Labute approximate surface area is 163 Å². The number of carbonyl (C=O) groups is 1. The smallest absolute Gasteiger partial charge is 0.242 e.